The van der Waals surface area contributed by atoms with E-state index in [1.54, 1.807) is 20.3 Å². The average molecular weight is 283 g/mol. The van der Waals surface area contributed by atoms with Crippen molar-refractivity contribution >= 4 is 11.5 Å². The summed E-state index contributed by atoms with van der Waals surface area (Å²) in [5.74, 6) is -0.573. The average Bonchev–Trinajstić information content (AvgIpc) is 2.40. The molecule has 0 radical (unpaired) electrons. The molecular weight excluding hydrogens is 261 g/mol. The first kappa shape index (κ1) is 16.4. The molecule has 5 nitrogen and oxygen atoms in total. The highest BCUT2D eigenvalue weighted by Crippen LogP contribution is 2.23. The smallest absolute Gasteiger partial charge is 0.125 e. The molecule has 0 aliphatic rings. The number of hydrogen-bond acceptors (Lipinski definition) is 4. The maximum absolute atomic E-state index is 13.4. The van der Waals surface area contributed by atoms with Crippen LogP contribution < -0.4 is 10.6 Å². The summed E-state index contributed by atoms with van der Waals surface area (Å²) in [6.07, 6.45) is 0. The van der Waals surface area contributed by atoms with Crippen LogP contribution in [0.2, 0.25) is 0 Å². The van der Waals surface area contributed by atoms with E-state index in [0.717, 1.165) is 0 Å². The van der Waals surface area contributed by atoms with Gasteiger partial charge in [0.15, 0.2) is 0 Å². The Morgan fingerprint density at radius 2 is 2.10 bits per heavy atom. The number of nitrogens with two attached hydrogens (primary N) is 1. The topological polar surface area (TPSA) is 71.6 Å². The van der Waals surface area contributed by atoms with Crippen LogP contribution in [0.4, 0.5) is 10.1 Å². The molecular formula is C14H22FN3O2. The number of benzene rings is 1. The van der Waals surface area contributed by atoms with Gasteiger partial charge >= 0.3 is 0 Å². The van der Waals surface area contributed by atoms with Gasteiger partial charge in [-0.1, -0.05) is 0 Å². The fourth-order valence-electron chi connectivity index (χ4n) is 2.07. The second-order valence-electron chi connectivity index (χ2n) is 4.57. The van der Waals surface area contributed by atoms with Crippen LogP contribution in [0, 0.1) is 11.2 Å². The Labute approximate surface area is 119 Å². The first-order valence-electron chi connectivity index (χ1n) is 6.39. The van der Waals surface area contributed by atoms with Crippen LogP contribution in [0.25, 0.3) is 0 Å². The summed E-state index contributed by atoms with van der Waals surface area (Å²) in [5.41, 5.74) is 6.64. The molecule has 0 heterocycles. The molecule has 0 fully saturated rings. The third kappa shape index (κ3) is 4.18. The van der Waals surface area contributed by atoms with Gasteiger partial charge in [-0.3, -0.25) is 5.41 Å². The maximum atomic E-state index is 13.4. The van der Waals surface area contributed by atoms with Gasteiger partial charge < -0.3 is 20.1 Å². The third-order valence-corrected chi connectivity index (χ3v) is 3.03. The minimum atomic E-state index is -0.412. The molecule has 0 saturated carbocycles. The number of methoxy groups -OCH3 is 2. The highest BCUT2D eigenvalue weighted by atomic mass is 19.1. The number of ether oxygens (including phenoxy) is 2. The Hall–Kier alpha value is -1.66. The zero-order chi connectivity index (χ0) is 15.1. The van der Waals surface area contributed by atoms with E-state index in [9.17, 15) is 4.39 Å². The van der Waals surface area contributed by atoms with Crippen molar-refractivity contribution < 1.29 is 13.9 Å². The number of amidine groups is 1. The highest BCUT2D eigenvalue weighted by molar-refractivity contribution is 6.00. The largest absolute Gasteiger partial charge is 0.384 e. The number of rotatable bonds is 8. The van der Waals surface area contributed by atoms with Crippen LogP contribution in [0.3, 0.4) is 0 Å². The number of nitrogen functional groups attached to an aromatic ring is 1. The molecule has 0 bridgehead atoms. The first-order valence-corrected chi connectivity index (χ1v) is 6.39. The first-order chi connectivity index (χ1) is 9.51. The van der Waals surface area contributed by atoms with Gasteiger partial charge in [-0.25, -0.2) is 4.39 Å². The van der Waals surface area contributed by atoms with E-state index in [1.165, 1.54) is 12.1 Å². The molecule has 1 aromatic rings. The summed E-state index contributed by atoms with van der Waals surface area (Å²) in [6, 6.07) is 4.32. The van der Waals surface area contributed by atoms with Crippen LogP contribution in [-0.2, 0) is 9.47 Å². The second-order valence-corrected chi connectivity index (χ2v) is 4.57. The normalized spacial score (nSPS) is 12.2. The van der Waals surface area contributed by atoms with Gasteiger partial charge in [-0.15, -0.1) is 0 Å². The lowest BCUT2D eigenvalue weighted by Crippen LogP contribution is -2.40. The second kappa shape index (κ2) is 7.81. The van der Waals surface area contributed by atoms with Gasteiger partial charge in [0.25, 0.3) is 0 Å². The van der Waals surface area contributed by atoms with Gasteiger partial charge in [0.2, 0.25) is 0 Å². The third-order valence-electron chi connectivity index (χ3n) is 3.03. The van der Waals surface area contributed by atoms with Crippen LogP contribution in [0.15, 0.2) is 18.2 Å². The molecule has 1 atom stereocenters. The molecule has 1 rings (SSSR count). The Balaban J connectivity index is 3.14. The highest BCUT2D eigenvalue weighted by Gasteiger charge is 2.19. The maximum Gasteiger partial charge on any atom is 0.125 e. The molecule has 6 heteroatoms. The molecule has 0 saturated heterocycles. The Kier molecular flexibility index (Phi) is 6.41. The minimum absolute atomic E-state index is 0.0544. The lowest BCUT2D eigenvalue weighted by atomic mass is 10.1. The van der Waals surface area contributed by atoms with E-state index >= 15 is 0 Å². The molecule has 112 valence electrons. The van der Waals surface area contributed by atoms with Crippen molar-refractivity contribution in [3.8, 4) is 0 Å². The summed E-state index contributed by atoms with van der Waals surface area (Å²) < 4.78 is 23.6. The molecule has 0 aliphatic heterocycles. The quantitative estimate of drug-likeness (QED) is 0.561. The van der Waals surface area contributed by atoms with Gasteiger partial charge in [0, 0.05) is 38.1 Å². The summed E-state index contributed by atoms with van der Waals surface area (Å²) in [4.78, 5) is 2.00. The van der Waals surface area contributed by atoms with Crippen molar-refractivity contribution in [2.24, 2.45) is 5.73 Å². The molecule has 0 amide bonds. The summed E-state index contributed by atoms with van der Waals surface area (Å²) >= 11 is 0. The molecule has 0 spiro atoms. The van der Waals surface area contributed by atoms with Crippen molar-refractivity contribution in [3.63, 3.8) is 0 Å². The van der Waals surface area contributed by atoms with Crippen molar-refractivity contribution in [1.82, 2.24) is 0 Å². The number of anilines is 1. The number of nitrogens with one attached hydrogen (secondary N) is 1. The molecule has 0 aromatic heterocycles. The molecule has 1 unspecified atom stereocenters. The fraction of sp³-hybridized carbons (Fsp3) is 0.500. The van der Waals surface area contributed by atoms with E-state index in [0.29, 0.717) is 31.0 Å². The van der Waals surface area contributed by atoms with E-state index in [2.05, 4.69) is 0 Å². The summed E-state index contributed by atoms with van der Waals surface area (Å²) in [5, 5.41) is 7.61. The molecule has 0 aliphatic carbocycles. The van der Waals surface area contributed by atoms with Gasteiger partial charge in [0.05, 0.1) is 13.2 Å². The predicted molar refractivity (Wildman–Crippen MR) is 78.0 cm³/mol. The number of halogens is 1. The standard InChI is InChI=1S/C14H22FN3O2/c1-10(9-20-3)18(6-7-19-2)13-5-4-11(15)8-12(13)14(16)17/h4-5,8,10H,6-7,9H2,1-3H3,(H3,16,17). The number of nitrogens with zero attached hydrogens (tertiary/aromatic N) is 1. The van der Waals surface area contributed by atoms with Crippen LogP contribution in [0.5, 0.6) is 0 Å². The summed E-state index contributed by atoms with van der Waals surface area (Å²) in [6.45, 7) is 3.63. The zero-order valence-corrected chi connectivity index (χ0v) is 12.1. The Morgan fingerprint density at radius 1 is 1.40 bits per heavy atom. The van der Waals surface area contributed by atoms with Gasteiger partial charge in [-0.2, -0.15) is 0 Å². The lowest BCUT2D eigenvalue weighted by Gasteiger charge is -2.32. The van der Waals surface area contributed by atoms with Gasteiger partial charge in [0.1, 0.15) is 11.7 Å². The van der Waals surface area contributed by atoms with E-state index in [-0.39, 0.29) is 11.9 Å². The van der Waals surface area contributed by atoms with Crippen LogP contribution in [-0.4, -0.2) is 45.9 Å². The van der Waals surface area contributed by atoms with Crippen molar-refractivity contribution in [3.05, 3.63) is 29.6 Å². The van der Waals surface area contributed by atoms with Crippen LogP contribution >= 0.6 is 0 Å². The number of hydrogen-bond donors (Lipinski definition) is 2. The van der Waals surface area contributed by atoms with Crippen molar-refractivity contribution in [1.29, 1.82) is 5.41 Å². The lowest BCUT2D eigenvalue weighted by molar-refractivity contribution is 0.171. The Morgan fingerprint density at radius 3 is 2.65 bits per heavy atom. The van der Waals surface area contributed by atoms with E-state index in [1.807, 2.05) is 11.8 Å². The zero-order valence-electron chi connectivity index (χ0n) is 12.1. The SMILES string of the molecule is COCCN(c1ccc(F)cc1C(=N)N)C(C)COC. The monoisotopic (exact) mass is 283 g/mol. The predicted octanol–water partition coefficient (Wildman–Crippen LogP) is 1.60. The Bertz CT molecular complexity index is 454. The summed E-state index contributed by atoms with van der Waals surface area (Å²) in [7, 11) is 3.25. The van der Waals surface area contributed by atoms with E-state index < -0.39 is 5.82 Å². The van der Waals surface area contributed by atoms with E-state index in [4.69, 9.17) is 20.6 Å². The van der Waals surface area contributed by atoms with Crippen molar-refractivity contribution in [2.45, 2.75) is 13.0 Å². The van der Waals surface area contributed by atoms with Crippen LogP contribution in [0.1, 0.15) is 12.5 Å². The van der Waals surface area contributed by atoms with Gasteiger partial charge in [-0.05, 0) is 25.1 Å². The molecule has 1 aromatic carbocycles. The molecule has 20 heavy (non-hydrogen) atoms. The van der Waals surface area contributed by atoms with Crippen molar-refractivity contribution in [2.75, 3.05) is 38.9 Å². The molecule has 3 N–H and O–H groups in total. The minimum Gasteiger partial charge on any atom is -0.384 e. The fourth-order valence-corrected chi connectivity index (χ4v) is 2.07.